The highest BCUT2D eigenvalue weighted by atomic mass is 79.9. The van der Waals surface area contributed by atoms with E-state index in [1.165, 1.54) is 5.01 Å². The maximum Gasteiger partial charge on any atom is 0.0967 e. The minimum absolute atomic E-state index is 0.575. The van der Waals surface area contributed by atoms with Crippen LogP contribution >= 0.6 is 27.3 Å². The van der Waals surface area contributed by atoms with Crippen LogP contribution in [0.4, 0.5) is 0 Å². The van der Waals surface area contributed by atoms with E-state index in [1.807, 2.05) is 6.20 Å². The van der Waals surface area contributed by atoms with Crippen LogP contribution in [-0.4, -0.2) is 4.98 Å². The number of hydrogen-bond acceptors (Lipinski definition) is 2. The molecule has 0 amide bonds. The fourth-order valence-electron chi connectivity index (χ4n) is 0.763. The van der Waals surface area contributed by atoms with Gasteiger partial charge in [-0.1, -0.05) is 20.8 Å². The molecule has 1 unspecified atom stereocenters. The van der Waals surface area contributed by atoms with Gasteiger partial charge >= 0.3 is 0 Å². The molecule has 3 heteroatoms. The predicted octanol–water partition coefficient (Wildman–Crippen LogP) is 3.67. The first-order valence-electron chi connectivity index (χ1n) is 3.72. The average molecular weight is 234 g/mol. The van der Waals surface area contributed by atoms with Crippen LogP contribution in [0.25, 0.3) is 0 Å². The molecule has 0 spiro atoms. The van der Waals surface area contributed by atoms with E-state index in [2.05, 4.69) is 41.7 Å². The summed E-state index contributed by atoms with van der Waals surface area (Å²) >= 11 is 5.14. The lowest BCUT2D eigenvalue weighted by atomic mass is 9.99. The monoisotopic (exact) mass is 233 g/mol. The zero-order valence-electron chi connectivity index (χ0n) is 6.97. The molecule has 1 rings (SSSR count). The summed E-state index contributed by atoms with van der Waals surface area (Å²) < 4.78 is 1.13. The Morgan fingerprint density at radius 2 is 2.09 bits per heavy atom. The van der Waals surface area contributed by atoms with E-state index in [0.717, 1.165) is 3.79 Å². The largest absolute Gasteiger partial charge is 0.248 e. The summed E-state index contributed by atoms with van der Waals surface area (Å²) in [4.78, 5) is 4.31. The van der Waals surface area contributed by atoms with Gasteiger partial charge in [0.15, 0.2) is 0 Å². The normalized spacial score (nSPS) is 13.9. The number of halogens is 1. The van der Waals surface area contributed by atoms with Gasteiger partial charge in [0.1, 0.15) is 0 Å². The zero-order chi connectivity index (χ0) is 8.43. The lowest BCUT2D eigenvalue weighted by Gasteiger charge is -2.10. The number of hydrogen-bond donors (Lipinski definition) is 0. The van der Waals surface area contributed by atoms with Crippen molar-refractivity contribution < 1.29 is 0 Å². The van der Waals surface area contributed by atoms with Gasteiger partial charge < -0.3 is 0 Å². The van der Waals surface area contributed by atoms with Crippen molar-refractivity contribution in [2.75, 3.05) is 0 Å². The van der Waals surface area contributed by atoms with Gasteiger partial charge in [-0.15, -0.1) is 11.3 Å². The van der Waals surface area contributed by atoms with Crippen LogP contribution in [-0.2, 0) is 0 Å². The van der Waals surface area contributed by atoms with Crippen molar-refractivity contribution in [1.29, 1.82) is 0 Å². The molecule has 0 bridgehead atoms. The first-order chi connectivity index (χ1) is 5.11. The molecule has 0 aliphatic heterocycles. The average Bonchev–Trinajstić information content (AvgIpc) is 2.34. The van der Waals surface area contributed by atoms with Gasteiger partial charge in [-0.05, 0) is 21.8 Å². The standard InChI is InChI=1S/C8H12BrNS/c1-5(2)6(3)8-10-4-7(9)11-8/h4-6H,1-3H3. The molecule has 1 aromatic heterocycles. The van der Waals surface area contributed by atoms with Gasteiger partial charge in [-0.25, -0.2) is 4.98 Å². The molecule has 0 saturated carbocycles. The van der Waals surface area contributed by atoms with Gasteiger partial charge in [0, 0.05) is 5.92 Å². The molecule has 0 radical (unpaired) electrons. The second kappa shape index (κ2) is 3.68. The second-order valence-corrected chi connectivity index (χ2v) is 5.48. The maximum absolute atomic E-state index is 4.31. The van der Waals surface area contributed by atoms with Crippen LogP contribution in [0.3, 0.4) is 0 Å². The SMILES string of the molecule is CC(C)C(C)c1ncc(Br)s1. The van der Waals surface area contributed by atoms with Crippen LogP contribution in [0, 0.1) is 5.92 Å². The number of rotatable bonds is 2. The van der Waals surface area contributed by atoms with Crippen molar-refractivity contribution in [2.45, 2.75) is 26.7 Å². The third-order valence-corrected chi connectivity index (χ3v) is 3.56. The quantitative estimate of drug-likeness (QED) is 0.760. The Hall–Kier alpha value is 0.110. The summed E-state index contributed by atoms with van der Waals surface area (Å²) in [7, 11) is 0. The third kappa shape index (κ3) is 2.27. The van der Waals surface area contributed by atoms with E-state index in [-0.39, 0.29) is 0 Å². The highest BCUT2D eigenvalue weighted by molar-refractivity contribution is 9.11. The molecular formula is C8H12BrNS. The van der Waals surface area contributed by atoms with Gasteiger partial charge in [-0.3, -0.25) is 0 Å². The van der Waals surface area contributed by atoms with Crippen molar-refractivity contribution in [3.05, 3.63) is 15.0 Å². The van der Waals surface area contributed by atoms with E-state index in [1.54, 1.807) is 11.3 Å². The number of thiazole rings is 1. The molecule has 0 aliphatic carbocycles. The lowest BCUT2D eigenvalue weighted by molar-refractivity contribution is 0.533. The van der Waals surface area contributed by atoms with E-state index in [0.29, 0.717) is 11.8 Å². The molecule has 0 fully saturated rings. The van der Waals surface area contributed by atoms with Crippen molar-refractivity contribution in [2.24, 2.45) is 5.92 Å². The summed E-state index contributed by atoms with van der Waals surface area (Å²) in [6, 6.07) is 0. The third-order valence-electron chi connectivity index (χ3n) is 1.88. The maximum atomic E-state index is 4.31. The van der Waals surface area contributed by atoms with Crippen molar-refractivity contribution in [1.82, 2.24) is 4.98 Å². The Kier molecular flexibility index (Phi) is 3.07. The van der Waals surface area contributed by atoms with Crippen molar-refractivity contribution in [3.63, 3.8) is 0 Å². The van der Waals surface area contributed by atoms with Crippen molar-refractivity contribution >= 4 is 27.3 Å². The van der Waals surface area contributed by atoms with E-state index in [9.17, 15) is 0 Å². The Bertz CT molecular complexity index is 232. The van der Waals surface area contributed by atoms with Crippen LogP contribution in [0.5, 0.6) is 0 Å². The summed E-state index contributed by atoms with van der Waals surface area (Å²) in [6.07, 6.45) is 1.87. The molecule has 0 saturated heterocycles. The summed E-state index contributed by atoms with van der Waals surface area (Å²) in [5.74, 6) is 1.25. The predicted molar refractivity (Wildman–Crippen MR) is 53.1 cm³/mol. The van der Waals surface area contributed by atoms with Crippen molar-refractivity contribution in [3.8, 4) is 0 Å². The number of nitrogens with zero attached hydrogens (tertiary/aromatic N) is 1. The molecule has 1 aromatic rings. The lowest BCUT2D eigenvalue weighted by Crippen LogP contribution is -2.00. The highest BCUT2D eigenvalue weighted by Gasteiger charge is 2.12. The van der Waals surface area contributed by atoms with E-state index >= 15 is 0 Å². The molecule has 0 N–H and O–H groups in total. The second-order valence-electron chi connectivity index (χ2n) is 3.04. The first kappa shape index (κ1) is 9.20. The van der Waals surface area contributed by atoms with Gasteiger partial charge in [0.25, 0.3) is 0 Å². The summed E-state index contributed by atoms with van der Waals surface area (Å²) in [5.41, 5.74) is 0. The van der Waals surface area contributed by atoms with E-state index < -0.39 is 0 Å². The molecule has 62 valence electrons. The fraction of sp³-hybridized carbons (Fsp3) is 0.625. The Balaban J connectivity index is 2.76. The summed E-state index contributed by atoms with van der Waals surface area (Å²) in [6.45, 7) is 6.66. The molecular weight excluding hydrogens is 222 g/mol. The Morgan fingerprint density at radius 1 is 1.45 bits per heavy atom. The Labute approximate surface area is 80.0 Å². The highest BCUT2D eigenvalue weighted by Crippen LogP contribution is 2.29. The van der Waals surface area contributed by atoms with Crippen LogP contribution in [0.15, 0.2) is 9.98 Å². The molecule has 11 heavy (non-hydrogen) atoms. The molecule has 1 atom stereocenters. The summed E-state index contributed by atoms with van der Waals surface area (Å²) in [5, 5.41) is 1.23. The minimum atomic E-state index is 0.575. The minimum Gasteiger partial charge on any atom is -0.248 e. The molecule has 0 aliphatic rings. The zero-order valence-corrected chi connectivity index (χ0v) is 9.37. The Morgan fingerprint density at radius 3 is 2.45 bits per heavy atom. The first-order valence-corrected chi connectivity index (χ1v) is 5.33. The van der Waals surface area contributed by atoms with Gasteiger partial charge in [0.05, 0.1) is 15.0 Å². The molecule has 0 aromatic carbocycles. The smallest absolute Gasteiger partial charge is 0.0967 e. The topological polar surface area (TPSA) is 12.9 Å². The van der Waals surface area contributed by atoms with Gasteiger partial charge in [-0.2, -0.15) is 0 Å². The van der Waals surface area contributed by atoms with Crippen LogP contribution in [0.1, 0.15) is 31.7 Å². The van der Waals surface area contributed by atoms with Gasteiger partial charge in [0.2, 0.25) is 0 Å². The van der Waals surface area contributed by atoms with E-state index in [4.69, 9.17) is 0 Å². The molecule has 1 heterocycles. The molecule has 1 nitrogen and oxygen atoms in total. The number of aromatic nitrogens is 1. The van der Waals surface area contributed by atoms with Crippen LogP contribution < -0.4 is 0 Å². The fourth-order valence-corrected chi connectivity index (χ4v) is 2.23. The van der Waals surface area contributed by atoms with Crippen LogP contribution in [0.2, 0.25) is 0 Å².